The molecule has 1 heterocycles. The summed E-state index contributed by atoms with van der Waals surface area (Å²) >= 11 is 1.04. The number of nitrogen functional groups attached to an aromatic ring is 1. The summed E-state index contributed by atoms with van der Waals surface area (Å²) in [6.07, 6.45) is 0. The second-order valence-electron chi connectivity index (χ2n) is 4.44. The van der Waals surface area contributed by atoms with E-state index >= 15 is 0 Å². The van der Waals surface area contributed by atoms with Crippen LogP contribution in [0.3, 0.4) is 0 Å². The van der Waals surface area contributed by atoms with Crippen molar-refractivity contribution < 1.29 is 4.39 Å². The summed E-state index contributed by atoms with van der Waals surface area (Å²) in [6.45, 7) is 3.69. The molecule has 0 amide bonds. The Labute approximate surface area is 118 Å². The van der Waals surface area contributed by atoms with Gasteiger partial charge in [0.2, 0.25) is 0 Å². The second kappa shape index (κ2) is 5.49. The number of hydrogen-bond acceptors (Lipinski definition) is 4. The summed E-state index contributed by atoms with van der Waals surface area (Å²) in [7, 11) is 0. The van der Waals surface area contributed by atoms with Gasteiger partial charge in [-0.2, -0.15) is 0 Å². The predicted octanol–water partition coefficient (Wildman–Crippen LogP) is 1.73. The van der Waals surface area contributed by atoms with Gasteiger partial charge in [-0.05, 0) is 43.8 Å². The molecule has 0 atom stereocenters. The first kappa shape index (κ1) is 14.3. The zero-order chi connectivity index (χ0) is 14.9. The molecule has 6 nitrogen and oxygen atoms in total. The van der Waals surface area contributed by atoms with Crippen LogP contribution in [-0.4, -0.2) is 20.6 Å². The minimum Gasteiger partial charge on any atom is -0.384 e. The highest BCUT2D eigenvalue weighted by Gasteiger charge is 2.15. The van der Waals surface area contributed by atoms with Gasteiger partial charge in [0.05, 0.1) is 4.90 Å². The number of hydrogen-bond donors (Lipinski definition) is 3. The van der Waals surface area contributed by atoms with E-state index in [4.69, 9.17) is 11.1 Å². The van der Waals surface area contributed by atoms with Crippen molar-refractivity contribution in [1.29, 1.82) is 5.41 Å². The van der Waals surface area contributed by atoms with Crippen LogP contribution >= 0.6 is 11.8 Å². The molecule has 0 saturated heterocycles. The van der Waals surface area contributed by atoms with Crippen molar-refractivity contribution in [2.75, 3.05) is 0 Å². The van der Waals surface area contributed by atoms with E-state index in [9.17, 15) is 9.18 Å². The van der Waals surface area contributed by atoms with E-state index in [0.717, 1.165) is 11.8 Å². The predicted molar refractivity (Wildman–Crippen MR) is 74.8 cm³/mol. The molecule has 2 aromatic rings. The lowest BCUT2D eigenvalue weighted by Crippen LogP contribution is -2.19. The van der Waals surface area contributed by atoms with Crippen molar-refractivity contribution in [3.05, 3.63) is 40.1 Å². The first-order valence-electron chi connectivity index (χ1n) is 5.89. The monoisotopic (exact) mass is 295 g/mol. The largest absolute Gasteiger partial charge is 0.384 e. The standard InChI is InChI=1S/C12H14FN5OS/c1-6(2)18-11(19)16-17-12(18)20-9-4-3-7(10(14)15)5-8(9)13/h3-6H,1-2H3,(H3,14,15)(H,16,19). The van der Waals surface area contributed by atoms with Crippen LogP contribution in [0.2, 0.25) is 0 Å². The van der Waals surface area contributed by atoms with E-state index in [-0.39, 0.29) is 17.6 Å². The summed E-state index contributed by atoms with van der Waals surface area (Å²) in [5.74, 6) is -0.701. The van der Waals surface area contributed by atoms with Crippen molar-refractivity contribution in [1.82, 2.24) is 14.8 Å². The Kier molecular flexibility index (Phi) is 3.93. The van der Waals surface area contributed by atoms with Gasteiger partial charge in [-0.15, -0.1) is 5.10 Å². The highest BCUT2D eigenvalue weighted by atomic mass is 32.2. The number of nitrogens with one attached hydrogen (secondary N) is 2. The fourth-order valence-electron chi connectivity index (χ4n) is 1.67. The fraction of sp³-hybridized carbons (Fsp3) is 0.250. The summed E-state index contributed by atoms with van der Waals surface area (Å²) in [5, 5.41) is 13.9. The number of aromatic amines is 1. The molecule has 0 radical (unpaired) electrons. The van der Waals surface area contributed by atoms with E-state index < -0.39 is 5.82 Å². The maximum Gasteiger partial charge on any atom is 0.344 e. The second-order valence-corrected chi connectivity index (χ2v) is 5.45. The van der Waals surface area contributed by atoms with Crippen LogP contribution in [0.5, 0.6) is 0 Å². The fourth-order valence-corrected chi connectivity index (χ4v) is 2.64. The zero-order valence-electron chi connectivity index (χ0n) is 11.0. The summed E-state index contributed by atoms with van der Waals surface area (Å²) < 4.78 is 15.4. The molecular formula is C12H14FN5OS. The van der Waals surface area contributed by atoms with Crippen LogP contribution < -0.4 is 11.4 Å². The number of amidine groups is 1. The minimum atomic E-state index is -0.506. The smallest absolute Gasteiger partial charge is 0.344 e. The van der Waals surface area contributed by atoms with Crippen molar-refractivity contribution in [3.8, 4) is 0 Å². The first-order chi connectivity index (χ1) is 9.40. The number of nitrogens with two attached hydrogens (primary N) is 1. The molecule has 0 saturated carbocycles. The van der Waals surface area contributed by atoms with E-state index in [1.54, 1.807) is 6.07 Å². The van der Waals surface area contributed by atoms with Crippen LogP contribution in [-0.2, 0) is 0 Å². The number of nitrogens with zero attached hydrogens (tertiary/aromatic N) is 2. The van der Waals surface area contributed by atoms with Crippen molar-refractivity contribution >= 4 is 17.6 Å². The van der Waals surface area contributed by atoms with Crippen molar-refractivity contribution in [2.45, 2.75) is 29.9 Å². The Balaban J connectivity index is 2.36. The maximum atomic E-state index is 13.9. The van der Waals surface area contributed by atoms with Gasteiger partial charge in [0, 0.05) is 11.6 Å². The number of aromatic nitrogens is 3. The SMILES string of the molecule is CC(C)n1c(Sc2ccc(C(=N)N)cc2F)n[nH]c1=O. The Morgan fingerprint density at radius 2 is 2.25 bits per heavy atom. The average Bonchev–Trinajstić information content (AvgIpc) is 2.72. The van der Waals surface area contributed by atoms with Gasteiger partial charge >= 0.3 is 5.69 Å². The number of halogens is 1. The van der Waals surface area contributed by atoms with Crippen LogP contribution in [0, 0.1) is 11.2 Å². The molecule has 106 valence electrons. The molecule has 0 unspecified atom stereocenters. The molecule has 0 bridgehead atoms. The third kappa shape index (κ3) is 2.74. The molecule has 0 aliphatic carbocycles. The van der Waals surface area contributed by atoms with Crippen molar-refractivity contribution in [2.24, 2.45) is 5.73 Å². The molecule has 0 aliphatic heterocycles. The summed E-state index contributed by atoms with van der Waals surface area (Å²) in [4.78, 5) is 11.9. The van der Waals surface area contributed by atoms with Crippen LogP contribution in [0.25, 0.3) is 0 Å². The number of H-pyrrole nitrogens is 1. The Bertz CT molecular complexity index is 706. The first-order valence-corrected chi connectivity index (χ1v) is 6.70. The Hall–Kier alpha value is -2.09. The molecule has 2 rings (SSSR count). The Morgan fingerprint density at radius 3 is 2.80 bits per heavy atom. The number of benzene rings is 1. The lowest BCUT2D eigenvalue weighted by atomic mass is 10.2. The van der Waals surface area contributed by atoms with Gasteiger partial charge in [-0.3, -0.25) is 9.98 Å². The summed E-state index contributed by atoms with van der Waals surface area (Å²) in [6, 6.07) is 4.18. The average molecular weight is 295 g/mol. The van der Waals surface area contributed by atoms with Gasteiger partial charge in [0.25, 0.3) is 0 Å². The van der Waals surface area contributed by atoms with Gasteiger partial charge in [-0.25, -0.2) is 14.3 Å². The van der Waals surface area contributed by atoms with Gasteiger partial charge in [-0.1, -0.05) is 0 Å². The van der Waals surface area contributed by atoms with Crippen LogP contribution in [0.4, 0.5) is 4.39 Å². The van der Waals surface area contributed by atoms with E-state index in [1.807, 2.05) is 13.8 Å². The molecular weight excluding hydrogens is 281 g/mol. The van der Waals surface area contributed by atoms with Crippen LogP contribution in [0.1, 0.15) is 25.5 Å². The van der Waals surface area contributed by atoms with Gasteiger partial charge in [0.15, 0.2) is 5.16 Å². The van der Waals surface area contributed by atoms with E-state index in [1.165, 1.54) is 16.7 Å². The quantitative estimate of drug-likeness (QED) is 0.590. The van der Waals surface area contributed by atoms with E-state index in [2.05, 4.69) is 10.2 Å². The molecule has 0 fully saturated rings. The Morgan fingerprint density at radius 1 is 1.55 bits per heavy atom. The number of rotatable bonds is 4. The molecule has 8 heteroatoms. The van der Waals surface area contributed by atoms with Crippen molar-refractivity contribution in [3.63, 3.8) is 0 Å². The van der Waals surface area contributed by atoms with Gasteiger partial charge < -0.3 is 5.73 Å². The third-order valence-corrected chi connectivity index (χ3v) is 3.65. The van der Waals surface area contributed by atoms with Crippen LogP contribution in [0.15, 0.2) is 33.0 Å². The lowest BCUT2D eigenvalue weighted by molar-refractivity contribution is 0.533. The highest BCUT2D eigenvalue weighted by Crippen LogP contribution is 2.29. The van der Waals surface area contributed by atoms with Gasteiger partial charge in [0.1, 0.15) is 11.7 Å². The third-order valence-electron chi connectivity index (χ3n) is 2.63. The molecule has 0 aliphatic rings. The summed E-state index contributed by atoms with van der Waals surface area (Å²) in [5.41, 5.74) is 5.28. The molecule has 0 spiro atoms. The molecule has 1 aromatic carbocycles. The molecule has 4 N–H and O–H groups in total. The molecule has 1 aromatic heterocycles. The minimum absolute atomic E-state index is 0.0803. The molecule has 20 heavy (non-hydrogen) atoms. The lowest BCUT2D eigenvalue weighted by Gasteiger charge is -2.09. The normalized spacial score (nSPS) is 11.0. The zero-order valence-corrected chi connectivity index (χ0v) is 11.8. The topological polar surface area (TPSA) is 101 Å². The maximum absolute atomic E-state index is 13.9. The highest BCUT2D eigenvalue weighted by molar-refractivity contribution is 7.99. The van der Waals surface area contributed by atoms with E-state index in [0.29, 0.717) is 15.6 Å².